The predicted octanol–water partition coefficient (Wildman–Crippen LogP) is 1.79. The highest BCUT2D eigenvalue weighted by Crippen LogP contribution is 2.18. The zero-order chi connectivity index (χ0) is 15.4. The van der Waals surface area contributed by atoms with E-state index in [1.165, 1.54) is 0 Å². The van der Waals surface area contributed by atoms with Crippen molar-refractivity contribution in [3.05, 3.63) is 36.2 Å². The van der Waals surface area contributed by atoms with Crippen LogP contribution < -0.4 is 0 Å². The fourth-order valence-corrected chi connectivity index (χ4v) is 2.59. The van der Waals surface area contributed by atoms with Crippen LogP contribution in [0, 0.1) is 0 Å². The first kappa shape index (κ1) is 14.7. The molecule has 3 rings (SSSR count). The maximum atomic E-state index is 11.7. The average Bonchev–Trinajstić information content (AvgIpc) is 3.04. The van der Waals surface area contributed by atoms with Crippen LogP contribution in [-0.4, -0.2) is 52.1 Å². The molecule has 0 N–H and O–H groups in total. The quantitative estimate of drug-likeness (QED) is 0.861. The van der Waals surface area contributed by atoms with Crippen LogP contribution in [-0.2, 0) is 11.3 Å². The molecule has 6 heteroatoms. The molecule has 2 aromatic rings. The van der Waals surface area contributed by atoms with Gasteiger partial charge in [0.2, 0.25) is 17.7 Å². The Morgan fingerprint density at radius 2 is 1.86 bits per heavy atom. The third-order valence-corrected chi connectivity index (χ3v) is 3.87. The van der Waals surface area contributed by atoms with Gasteiger partial charge in [-0.2, -0.15) is 0 Å². The number of hydrogen-bond acceptors (Lipinski definition) is 5. The van der Waals surface area contributed by atoms with Crippen molar-refractivity contribution in [1.29, 1.82) is 0 Å². The zero-order valence-electron chi connectivity index (χ0n) is 12.7. The lowest BCUT2D eigenvalue weighted by molar-refractivity contribution is -0.132. The fraction of sp³-hybridized carbons (Fsp3) is 0.438. The van der Waals surface area contributed by atoms with Crippen molar-refractivity contribution in [2.75, 3.05) is 26.2 Å². The molecule has 0 bridgehead atoms. The van der Waals surface area contributed by atoms with Gasteiger partial charge in [0.15, 0.2) is 0 Å². The van der Waals surface area contributed by atoms with Gasteiger partial charge in [-0.15, -0.1) is 10.2 Å². The average molecular weight is 300 g/mol. The molecular weight excluding hydrogens is 280 g/mol. The number of aromatic nitrogens is 2. The van der Waals surface area contributed by atoms with E-state index in [1.54, 1.807) is 0 Å². The molecule has 22 heavy (non-hydrogen) atoms. The van der Waals surface area contributed by atoms with Crippen molar-refractivity contribution in [2.45, 2.75) is 19.9 Å². The van der Waals surface area contributed by atoms with Crippen LogP contribution in [0.15, 0.2) is 34.7 Å². The van der Waals surface area contributed by atoms with Crippen LogP contribution in [0.25, 0.3) is 11.5 Å². The highest BCUT2D eigenvalue weighted by Gasteiger charge is 2.21. The Balaban J connectivity index is 1.57. The minimum Gasteiger partial charge on any atom is -0.419 e. The first-order chi connectivity index (χ1) is 10.8. The molecule has 0 atom stereocenters. The summed E-state index contributed by atoms with van der Waals surface area (Å²) in [6.07, 6.45) is 0.574. The van der Waals surface area contributed by atoms with E-state index in [2.05, 4.69) is 15.1 Å². The Kier molecular flexibility index (Phi) is 4.48. The molecule has 0 aliphatic carbocycles. The number of carbonyl (C=O) groups excluding carboxylic acids is 1. The minimum absolute atomic E-state index is 0.226. The zero-order valence-corrected chi connectivity index (χ0v) is 12.7. The number of piperazine rings is 1. The van der Waals surface area contributed by atoms with Gasteiger partial charge in [0.25, 0.3) is 0 Å². The molecule has 1 aromatic carbocycles. The molecule has 1 aromatic heterocycles. The molecule has 0 spiro atoms. The van der Waals surface area contributed by atoms with Crippen LogP contribution in [0.3, 0.4) is 0 Å². The normalized spacial score (nSPS) is 16.0. The third kappa shape index (κ3) is 3.33. The Morgan fingerprint density at radius 3 is 2.55 bits per heavy atom. The summed E-state index contributed by atoms with van der Waals surface area (Å²) in [4.78, 5) is 15.8. The summed E-state index contributed by atoms with van der Waals surface area (Å²) in [5.74, 6) is 1.40. The van der Waals surface area contributed by atoms with E-state index < -0.39 is 0 Å². The van der Waals surface area contributed by atoms with Gasteiger partial charge < -0.3 is 9.32 Å². The van der Waals surface area contributed by atoms with Crippen LogP contribution in [0.4, 0.5) is 0 Å². The number of benzene rings is 1. The van der Waals surface area contributed by atoms with E-state index in [1.807, 2.05) is 42.2 Å². The number of hydrogen-bond donors (Lipinski definition) is 0. The minimum atomic E-state index is 0.226. The van der Waals surface area contributed by atoms with Gasteiger partial charge in [0.1, 0.15) is 0 Å². The number of carbonyl (C=O) groups is 1. The van der Waals surface area contributed by atoms with Gasteiger partial charge in [-0.3, -0.25) is 9.69 Å². The highest BCUT2D eigenvalue weighted by atomic mass is 16.4. The summed E-state index contributed by atoms with van der Waals surface area (Å²) in [7, 11) is 0. The third-order valence-electron chi connectivity index (χ3n) is 3.87. The molecule has 0 unspecified atom stereocenters. The molecular formula is C16H20N4O2. The number of amides is 1. The van der Waals surface area contributed by atoms with Gasteiger partial charge in [-0.05, 0) is 12.1 Å². The van der Waals surface area contributed by atoms with Crippen LogP contribution >= 0.6 is 0 Å². The van der Waals surface area contributed by atoms with Crippen LogP contribution in [0.5, 0.6) is 0 Å². The second-order valence-electron chi connectivity index (χ2n) is 5.38. The van der Waals surface area contributed by atoms with E-state index >= 15 is 0 Å². The van der Waals surface area contributed by atoms with E-state index in [4.69, 9.17) is 4.42 Å². The van der Waals surface area contributed by atoms with E-state index in [-0.39, 0.29) is 5.91 Å². The summed E-state index contributed by atoms with van der Waals surface area (Å²) < 4.78 is 5.72. The van der Waals surface area contributed by atoms with Crippen LogP contribution in [0.1, 0.15) is 19.2 Å². The Morgan fingerprint density at radius 1 is 1.14 bits per heavy atom. The molecule has 1 fully saturated rings. The predicted molar refractivity (Wildman–Crippen MR) is 81.9 cm³/mol. The molecule has 1 aliphatic heterocycles. The molecule has 0 radical (unpaired) electrons. The van der Waals surface area contributed by atoms with Crippen molar-refractivity contribution >= 4 is 5.91 Å². The lowest BCUT2D eigenvalue weighted by atomic mass is 10.2. The summed E-state index contributed by atoms with van der Waals surface area (Å²) in [5, 5.41) is 8.22. The standard InChI is InChI=1S/C16H20N4O2/c1-2-15(21)20-10-8-19(9-11-20)12-14-17-18-16(22-14)13-6-4-3-5-7-13/h3-7H,2,8-12H2,1H3. The summed E-state index contributed by atoms with van der Waals surface area (Å²) in [5.41, 5.74) is 0.930. The van der Waals surface area contributed by atoms with E-state index in [9.17, 15) is 4.79 Å². The smallest absolute Gasteiger partial charge is 0.247 e. The molecule has 1 amide bonds. The number of rotatable bonds is 4. The van der Waals surface area contributed by atoms with Gasteiger partial charge >= 0.3 is 0 Å². The van der Waals surface area contributed by atoms with Crippen molar-refractivity contribution in [2.24, 2.45) is 0 Å². The second-order valence-corrected chi connectivity index (χ2v) is 5.38. The molecule has 2 heterocycles. The van der Waals surface area contributed by atoms with Gasteiger partial charge in [0, 0.05) is 38.2 Å². The largest absolute Gasteiger partial charge is 0.419 e. The topological polar surface area (TPSA) is 62.5 Å². The lowest BCUT2D eigenvalue weighted by Crippen LogP contribution is -2.48. The Hall–Kier alpha value is -2.21. The Bertz CT molecular complexity index is 618. The first-order valence-electron chi connectivity index (χ1n) is 7.64. The number of nitrogens with zero attached hydrogens (tertiary/aromatic N) is 4. The van der Waals surface area contributed by atoms with Crippen molar-refractivity contribution in [3.63, 3.8) is 0 Å². The summed E-state index contributed by atoms with van der Waals surface area (Å²) in [6, 6.07) is 9.75. The van der Waals surface area contributed by atoms with E-state index in [0.717, 1.165) is 31.7 Å². The van der Waals surface area contributed by atoms with Crippen molar-refractivity contribution < 1.29 is 9.21 Å². The first-order valence-corrected chi connectivity index (χ1v) is 7.64. The van der Waals surface area contributed by atoms with Gasteiger partial charge in [-0.25, -0.2) is 0 Å². The van der Waals surface area contributed by atoms with Crippen LogP contribution in [0.2, 0.25) is 0 Å². The van der Waals surface area contributed by atoms with E-state index in [0.29, 0.717) is 24.7 Å². The van der Waals surface area contributed by atoms with Gasteiger partial charge in [-0.1, -0.05) is 25.1 Å². The maximum Gasteiger partial charge on any atom is 0.247 e. The molecule has 6 nitrogen and oxygen atoms in total. The lowest BCUT2D eigenvalue weighted by Gasteiger charge is -2.33. The SMILES string of the molecule is CCC(=O)N1CCN(Cc2nnc(-c3ccccc3)o2)CC1. The monoisotopic (exact) mass is 300 g/mol. The maximum absolute atomic E-state index is 11.7. The molecule has 116 valence electrons. The second kappa shape index (κ2) is 6.70. The molecule has 0 saturated carbocycles. The van der Waals surface area contributed by atoms with Gasteiger partial charge in [0.05, 0.1) is 6.54 Å². The summed E-state index contributed by atoms with van der Waals surface area (Å²) >= 11 is 0. The highest BCUT2D eigenvalue weighted by molar-refractivity contribution is 5.75. The Labute approximate surface area is 129 Å². The fourth-order valence-electron chi connectivity index (χ4n) is 2.59. The molecule has 1 aliphatic rings. The summed E-state index contributed by atoms with van der Waals surface area (Å²) in [6.45, 7) is 5.76. The van der Waals surface area contributed by atoms with Crippen molar-refractivity contribution in [3.8, 4) is 11.5 Å². The van der Waals surface area contributed by atoms with Crippen molar-refractivity contribution in [1.82, 2.24) is 20.0 Å². The molecule has 1 saturated heterocycles.